The first-order valence-corrected chi connectivity index (χ1v) is 15.1. The van der Waals surface area contributed by atoms with Crippen LogP contribution in [0.15, 0.2) is 78.4 Å². The first-order chi connectivity index (χ1) is 20.0. The molecule has 7 rings (SSSR count). The first kappa shape index (κ1) is 26.3. The number of ketones is 1. The summed E-state index contributed by atoms with van der Waals surface area (Å²) in [6, 6.07) is 23.6. The molecule has 3 saturated heterocycles. The number of fused-ring (bicyclic) bond motifs is 5. The number of Topliss-reactive ketones (excluding diaryl/α,β-unsaturated/α-hetero) is 1. The molecule has 0 bridgehead atoms. The molecule has 1 N–H and O–H groups in total. The Bertz CT molecular complexity index is 1590. The van der Waals surface area contributed by atoms with Gasteiger partial charge in [0.15, 0.2) is 5.78 Å². The van der Waals surface area contributed by atoms with Crippen LogP contribution in [0.4, 0.5) is 5.69 Å². The van der Waals surface area contributed by atoms with Gasteiger partial charge in [0.05, 0.1) is 19.6 Å². The summed E-state index contributed by atoms with van der Waals surface area (Å²) in [5.74, 6) is 2.56. The number of nitrogens with zero attached hydrogens (tertiary/aromatic N) is 2. The molecule has 8 heteroatoms. The van der Waals surface area contributed by atoms with E-state index in [0.717, 1.165) is 33.9 Å². The maximum Gasteiger partial charge on any atom is 0.250 e. The minimum Gasteiger partial charge on any atom is -0.496 e. The van der Waals surface area contributed by atoms with E-state index in [4.69, 9.17) is 9.47 Å². The third kappa shape index (κ3) is 3.47. The second-order valence-electron chi connectivity index (χ2n) is 11.4. The number of anilines is 1. The van der Waals surface area contributed by atoms with E-state index in [1.165, 1.54) is 0 Å². The number of nitrogens with one attached hydrogen (secondary N) is 1. The molecule has 210 valence electrons. The summed E-state index contributed by atoms with van der Waals surface area (Å²) in [4.78, 5) is 34.6. The average molecular weight is 568 g/mol. The van der Waals surface area contributed by atoms with Gasteiger partial charge in [-0.1, -0.05) is 54.6 Å². The fourth-order valence-electron chi connectivity index (χ4n) is 8.06. The third-order valence-corrected chi connectivity index (χ3v) is 10.4. The summed E-state index contributed by atoms with van der Waals surface area (Å²) in [6.07, 6.45) is 1.96. The predicted molar refractivity (Wildman–Crippen MR) is 161 cm³/mol. The number of benzene rings is 3. The van der Waals surface area contributed by atoms with Gasteiger partial charge < -0.3 is 19.7 Å². The smallest absolute Gasteiger partial charge is 0.250 e. The Morgan fingerprint density at radius 3 is 2.46 bits per heavy atom. The standard InChI is InChI=1S/C33H33N3O4S/c1-35-17-22(16-21-10-4-8-14-27(21)39-2)30(37)32(19-35)29(23-11-5-9-15-28(23)40-3)26-18-41-20-36(26)33(32)24-12-6-7-13-25(24)34-31(33)38/h4-16,26,29H,17-20H2,1-3H3,(H,34,38)/b22-16+/t26-,29+,32-,33-/m0/s1. The fraction of sp³-hybridized carbons (Fsp3) is 0.333. The van der Waals surface area contributed by atoms with E-state index in [1.54, 1.807) is 14.2 Å². The van der Waals surface area contributed by atoms with Crippen LogP contribution >= 0.6 is 11.8 Å². The van der Waals surface area contributed by atoms with Crippen molar-refractivity contribution in [2.24, 2.45) is 5.41 Å². The van der Waals surface area contributed by atoms with Gasteiger partial charge in [-0.15, -0.1) is 11.8 Å². The van der Waals surface area contributed by atoms with Crippen LogP contribution < -0.4 is 14.8 Å². The Kier molecular flexibility index (Phi) is 6.26. The van der Waals surface area contributed by atoms with Crippen LogP contribution in [0.1, 0.15) is 22.6 Å². The molecular weight excluding hydrogens is 534 g/mol. The highest BCUT2D eigenvalue weighted by Crippen LogP contribution is 2.69. The summed E-state index contributed by atoms with van der Waals surface area (Å²) in [5, 5.41) is 3.20. The molecule has 7 nitrogen and oxygen atoms in total. The second kappa shape index (κ2) is 9.76. The first-order valence-electron chi connectivity index (χ1n) is 13.9. The van der Waals surface area contributed by atoms with Crippen LogP contribution in [0.25, 0.3) is 6.08 Å². The largest absolute Gasteiger partial charge is 0.496 e. The van der Waals surface area contributed by atoms with E-state index >= 15 is 4.79 Å². The van der Waals surface area contributed by atoms with E-state index in [0.29, 0.717) is 30.3 Å². The van der Waals surface area contributed by atoms with Gasteiger partial charge in [-0.3, -0.25) is 14.5 Å². The highest BCUT2D eigenvalue weighted by atomic mass is 32.2. The molecule has 0 saturated carbocycles. The highest BCUT2D eigenvalue weighted by molar-refractivity contribution is 7.99. The van der Waals surface area contributed by atoms with Crippen molar-refractivity contribution < 1.29 is 19.1 Å². The van der Waals surface area contributed by atoms with Crippen molar-refractivity contribution in [1.29, 1.82) is 0 Å². The number of ether oxygens (including phenoxy) is 2. The Labute approximate surface area is 244 Å². The van der Waals surface area contributed by atoms with Crippen LogP contribution in [-0.4, -0.2) is 73.5 Å². The van der Waals surface area contributed by atoms with Crippen molar-refractivity contribution in [3.63, 3.8) is 0 Å². The summed E-state index contributed by atoms with van der Waals surface area (Å²) in [6.45, 7) is 0.924. The van der Waals surface area contributed by atoms with E-state index in [-0.39, 0.29) is 23.7 Å². The number of piperidine rings is 1. The molecule has 4 aliphatic rings. The number of rotatable bonds is 4. The molecule has 3 fully saturated rings. The topological polar surface area (TPSA) is 71.1 Å². The van der Waals surface area contributed by atoms with E-state index in [2.05, 4.69) is 21.2 Å². The number of para-hydroxylation sites is 3. The molecule has 4 heterocycles. The Hall–Kier alpha value is -3.59. The SMILES string of the molecule is COc1ccccc1/C=C1\CN(C)C[C@@]2(C1=O)[C@H](c1ccccc1OC)[C@@H]1CSCN1[C@@]21C(=O)Nc2ccccc21. The zero-order chi connectivity index (χ0) is 28.4. The van der Waals surface area contributed by atoms with Gasteiger partial charge in [0.1, 0.15) is 17.0 Å². The number of thioether (sulfide) groups is 1. The zero-order valence-electron chi connectivity index (χ0n) is 23.4. The van der Waals surface area contributed by atoms with Gasteiger partial charge in [-0.2, -0.15) is 0 Å². The van der Waals surface area contributed by atoms with Gasteiger partial charge in [0.2, 0.25) is 0 Å². The maximum absolute atomic E-state index is 15.4. The quantitative estimate of drug-likeness (QED) is 0.462. The molecule has 1 amide bonds. The van der Waals surface area contributed by atoms with Gasteiger partial charge in [0.25, 0.3) is 5.91 Å². The number of methoxy groups -OCH3 is 2. The van der Waals surface area contributed by atoms with Crippen LogP contribution in [0.3, 0.4) is 0 Å². The normalized spacial score (nSPS) is 30.2. The van der Waals surface area contributed by atoms with Gasteiger partial charge >= 0.3 is 0 Å². The number of carbonyl (C=O) groups is 2. The number of amides is 1. The molecule has 0 aromatic heterocycles. The molecule has 4 aliphatic heterocycles. The van der Waals surface area contributed by atoms with Crippen LogP contribution in [0, 0.1) is 5.41 Å². The number of hydrogen-bond donors (Lipinski definition) is 1. The molecule has 0 unspecified atom stereocenters. The third-order valence-electron chi connectivity index (χ3n) is 9.40. The Morgan fingerprint density at radius 2 is 1.66 bits per heavy atom. The van der Waals surface area contributed by atoms with E-state index in [9.17, 15) is 4.79 Å². The van der Waals surface area contributed by atoms with Gasteiger partial charge in [-0.25, -0.2) is 0 Å². The fourth-order valence-corrected chi connectivity index (χ4v) is 9.36. The number of carbonyl (C=O) groups excluding carboxylic acids is 2. The lowest BCUT2D eigenvalue weighted by Gasteiger charge is -2.51. The van der Waals surface area contributed by atoms with Crippen molar-refractivity contribution in [2.45, 2.75) is 17.5 Å². The molecule has 3 aromatic rings. The van der Waals surface area contributed by atoms with Gasteiger partial charge in [-0.05, 0) is 36.9 Å². The molecule has 0 aliphatic carbocycles. The molecule has 4 atom stereocenters. The maximum atomic E-state index is 15.4. The molecule has 41 heavy (non-hydrogen) atoms. The monoisotopic (exact) mass is 567 g/mol. The Balaban J connectivity index is 1.55. The van der Waals surface area contributed by atoms with Crippen molar-refractivity contribution in [3.8, 4) is 11.5 Å². The van der Waals surface area contributed by atoms with Gasteiger partial charge in [0, 0.05) is 59.1 Å². The number of likely N-dealkylation sites (N-methyl/N-ethyl adjacent to an activating group) is 1. The molecular formula is C33H33N3O4S. The minimum atomic E-state index is -1.17. The summed E-state index contributed by atoms with van der Waals surface area (Å²) in [5.41, 5.74) is 1.88. The predicted octanol–water partition coefficient (Wildman–Crippen LogP) is 4.61. The second-order valence-corrected chi connectivity index (χ2v) is 12.4. The van der Waals surface area contributed by atoms with Crippen molar-refractivity contribution in [1.82, 2.24) is 9.80 Å². The van der Waals surface area contributed by atoms with Crippen LogP contribution in [-0.2, 0) is 15.1 Å². The lowest BCUT2D eigenvalue weighted by Crippen LogP contribution is -2.65. The molecule has 0 radical (unpaired) electrons. The minimum absolute atomic E-state index is 0.0173. The number of hydrogen-bond acceptors (Lipinski definition) is 7. The molecule has 3 aromatic carbocycles. The van der Waals surface area contributed by atoms with Crippen LogP contribution in [0.2, 0.25) is 0 Å². The van der Waals surface area contributed by atoms with E-state index in [1.807, 2.05) is 91.6 Å². The number of likely N-dealkylation sites (tertiary alicyclic amines) is 1. The van der Waals surface area contributed by atoms with E-state index < -0.39 is 11.0 Å². The van der Waals surface area contributed by atoms with Crippen molar-refractivity contribution >= 4 is 35.2 Å². The van der Waals surface area contributed by atoms with Crippen molar-refractivity contribution in [2.75, 3.05) is 51.3 Å². The lowest BCUT2D eigenvalue weighted by molar-refractivity contribution is -0.146. The zero-order valence-corrected chi connectivity index (χ0v) is 24.2. The highest BCUT2D eigenvalue weighted by Gasteiger charge is 2.78. The summed E-state index contributed by atoms with van der Waals surface area (Å²) < 4.78 is 11.6. The summed E-state index contributed by atoms with van der Waals surface area (Å²) in [7, 11) is 5.37. The van der Waals surface area contributed by atoms with Crippen LogP contribution in [0.5, 0.6) is 11.5 Å². The lowest BCUT2D eigenvalue weighted by atomic mass is 9.55. The Morgan fingerprint density at radius 1 is 0.951 bits per heavy atom. The van der Waals surface area contributed by atoms with Crippen molar-refractivity contribution in [3.05, 3.63) is 95.1 Å². The summed E-state index contributed by atoms with van der Waals surface area (Å²) >= 11 is 1.82. The average Bonchev–Trinajstić information content (AvgIpc) is 3.64. The molecule has 2 spiro atoms.